The quantitative estimate of drug-likeness (QED) is 0.157. The summed E-state index contributed by atoms with van der Waals surface area (Å²) in [5.41, 5.74) is 14.4. The maximum Gasteiger partial charge on any atom is 0.0930 e. The molecule has 0 bridgehead atoms. The van der Waals surface area contributed by atoms with Gasteiger partial charge in [-0.05, 0) is 110 Å². The Morgan fingerprint density at radius 3 is 1.61 bits per heavy atom. The Morgan fingerprint density at radius 2 is 1.00 bits per heavy atom. The molecule has 4 nitrogen and oxygen atoms in total. The second-order valence-electron chi connectivity index (χ2n) is 12.1. The van der Waals surface area contributed by atoms with Gasteiger partial charge in [0.2, 0.25) is 0 Å². The van der Waals surface area contributed by atoms with Crippen LogP contribution in [-0.2, 0) is 25.7 Å². The molecule has 2 heterocycles. The van der Waals surface area contributed by atoms with Crippen LogP contribution in [0.3, 0.4) is 0 Å². The molecule has 0 atom stereocenters. The highest BCUT2D eigenvalue weighted by molar-refractivity contribution is 5.63. The van der Waals surface area contributed by atoms with E-state index in [-0.39, 0.29) is 0 Å². The van der Waals surface area contributed by atoms with Crippen LogP contribution >= 0.6 is 0 Å². The fourth-order valence-electron chi connectivity index (χ4n) is 6.05. The maximum atomic E-state index is 4.83. The number of benzene rings is 5. The minimum Gasteiger partial charge on any atom is -0.240 e. The summed E-state index contributed by atoms with van der Waals surface area (Å²) in [5, 5.41) is 9.64. The molecular weight excluding hydrogens is 560 g/mol. The van der Waals surface area contributed by atoms with Crippen LogP contribution in [0.5, 0.6) is 0 Å². The number of hydrogen-bond donors (Lipinski definition) is 0. The normalized spacial score (nSPS) is 11.2. The maximum absolute atomic E-state index is 4.83. The first kappa shape index (κ1) is 29.2. The molecule has 0 amide bonds. The molecule has 0 aliphatic rings. The van der Waals surface area contributed by atoms with E-state index in [1.54, 1.807) is 0 Å². The van der Waals surface area contributed by atoms with Gasteiger partial charge in [-0.1, -0.05) is 96.6 Å². The second kappa shape index (κ2) is 13.3. The van der Waals surface area contributed by atoms with Crippen LogP contribution in [0.15, 0.2) is 146 Å². The van der Waals surface area contributed by atoms with Crippen molar-refractivity contribution in [3.63, 3.8) is 0 Å². The smallest absolute Gasteiger partial charge is 0.0930 e. The number of aryl methyl sites for hydroxylation is 6. The summed E-state index contributed by atoms with van der Waals surface area (Å²) < 4.78 is 3.92. The highest BCUT2D eigenvalue weighted by Gasteiger charge is 2.08. The minimum atomic E-state index is 0.992. The Kier molecular flexibility index (Phi) is 8.42. The molecule has 0 saturated carbocycles. The van der Waals surface area contributed by atoms with Crippen molar-refractivity contribution in [1.29, 1.82) is 0 Å². The molecule has 0 spiro atoms. The summed E-state index contributed by atoms with van der Waals surface area (Å²) >= 11 is 0. The van der Waals surface area contributed by atoms with E-state index in [2.05, 4.69) is 147 Å². The first-order valence-corrected chi connectivity index (χ1v) is 16.1. The van der Waals surface area contributed by atoms with Crippen LogP contribution in [0.1, 0.15) is 33.4 Å². The monoisotopic (exact) mass is 598 g/mol. The lowest BCUT2D eigenvalue weighted by Gasteiger charge is -2.08. The van der Waals surface area contributed by atoms with Crippen molar-refractivity contribution < 1.29 is 0 Å². The molecular formula is C42H38N4. The van der Waals surface area contributed by atoms with Crippen molar-refractivity contribution >= 4 is 0 Å². The highest BCUT2D eigenvalue weighted by Crippen LogP contribution is 2.23. The molecule has 2 aromatic heterocycles. The Hall–Kier alpha value is -5.48. The molecule has 226 valence electrons. The van der Waals surface area contributed by atoms with Crippen LogP contribution in [0, 0.1) is 13.8 Å². The lowest BCUT2D eigenvalue weighted by molar-refractivity contribution is 0.878. The van der Waals surface area contributed by atoms with E-state index < -0.39 is 0 Å². The van der Waals surface area contributed by atoms with Gasteiger partial charge < -0.3 is 0 Å². The summed E-state index contributed by atoms with van der Waals surface area (Å²) in [6, 6.07) is 47.7. The topological polar surface area (TPSA) is 35.6 Å². The van der Waals surface area contributed by atoms with E-state index >= 15 is 0 Å². The molecule has 0 saturated heterocycles. The van der Waals surface area contributed by atoms with Crippen LogP contribution in [0.2, 0.25) is 0 Å². The largest absolute Gasteiger partial charge is 0.240 e. The van der Waals surface area contributed by atoms with E-state index in [9.17, 15) is 0 Å². The van der Waals surface area contributed by atoms with Crippen LogP contribution in [0.4, 0.5) is 0 Å². The van der Waals surface area contributed by atoms with Crippen LogP contribution in [-0.4, -0.2) is 19.6 Å². The molecule has 0 radical (unpaired) electrons. The molecule has 4 heteroatoms. The lowest BCUT2D eigenvalue weighted by atomic mass is 9.99. The summed E-state index contributed by atoms with van der Waals surface area (Å²) in [7, 11) is 0. The SMILES string of the molecule is Cc1cccc(-c2ccn(-c3ccc(CCc4cccc(CCc5ccc(-n6ccc(-c7ccccc7C)n6)cc5)c4)cc3)n2)c1. The number of hydrogen-bond acceptors (Lipinski definition) is 2. The standard InChI is InChI=1S/C42H38N4/c1-31-7-5-11-37(29-31)41-25-27-45(43-41)38-21-17-33(18-22-38)13-15-35-9-6-10-36(30-35)16-14-34-19-23-39(24-20-34)46-28-26-42(44-46)40-12-4-3-8-32(40)2/h3-12,17-30H,13-16H2,1-2H3. The summed E-state index contributed by atoms with van der Waals surface area (Å²) in [4.78, 5) is 0. The van der Waals surface area contributed by atoms with Crippen molar-refractivity contribution in [2.45, 2.75) is 39.5 Å². The van der Waals surface area contributed by atoms with Crippen molar-refractivity contribution in [3.05, 3.63) is 179 Å². The second-order valence-corrected chi connectivity index (χ2v) is 12.1. The zero-order valence-corrected chi connectivity index (χ0v) is 26.5. The Labute approximate surface area is 271 Å². The third kappa shape index (κ3) is 6.77. The average molecular weight is 599 g/mol. The van der Waals surface area contributed by atoms with Gasteiger partial charge in [0, 0.05) is 23.5 Å². The first-order chi connectivity index (χ1) is 22.6. The minimum absolute atomic E-state index is 0.992. The lowest BCUT2D eigenvalue weighted by Crippen LogP contribution is -1.98. The Bertz CT molecular complexity index is 2060. The summed E-state index contributed by atoms with van der Waals surface area (Å²) in [6.07, 6.45) is 8.15. The number of nitrogens with zero attached hydrogens (tertiary/aromatic N) is 4. The summed E-state index contributed by atoms with van der Waals surface area (Å²) in [6.45, 7) is 4.24. The molecule has 0 N–H and O–H groups in total. The van der Waals surface area contributed by atoms with E-state index in [0.717, 1.165) is 54.0 Å². The third-order valence-electron chi connectivity index (χ3n) is 8.71. The van der Waals surface area contributed by atoms with Gasteiger partial charge in [0.1, 0.15) is 0 Å². The molecule has 46 heavy (non-hydrogen) atoms. The fourth-order valence-corrected chi connectivity index (χ4v) is 6.05. The third-order valence-corrected chi connectivity index (χ3v) is 8.71. The number of rotatable bonds is 10. The molecule has 7 rings (SSSR count). The van der Waals surface area contributed by atoms with Gasteiger partial charge in [0.05, 0.1) is 22.8 Å². The van der Waals surface area contributed by atoms with Crippen molar-refractivity contribution in [2.24, 2.45) is 0 Å². The van der Waals surface area contributed by atoms with Gasteiger partial charge in [-0.15, -0.1) is 0 Å². The van der Waals surface area contributed by atoms with E-state index in [4.69, 9.17) is 10.2 Å². The van der Waals surface area contributed by atoms with Gasteiger partial charge in [-0.25, -0.2) is 9.36 Å². The molecule has 0 unspecified atom stereocenters. The average Bonchev–Trinajstić information content (AvgIpc) is 3.79. The molecule has 0 aliphatic heterocycles. The van der Waals surface area contributed by atoms with E-state index in [1.807, 2.05) is 21.8 Å². The van der Waals surface area contributed by atoms with Gasteiger partial charge in [0.25, 0.3) is 0 Å². The van der Waals surface area contributed by atoms with Gasteiger partial charge in [-0.2, -0.15) is 10.2 Å². The fraction of sp³-hybridized carbons (Fsp3) is 0.143. The predicted octanol–water partition coefficient (Wildman–Crippen LogP) is 9.58. The van der Waals surface area contributed by atoms with E-state index in [1.165, 1.54) is 38.9 Å². The number of aromatic nitrogens is 4. The molecule has 7 aromatic rings. The van der Waals surface area contributed by atoms with Crippen molar-refractivity contribution in [2.75, 3.05) is 0 Å². The van der Waals surface area contributed by atoms with Crippen molar-refractivity contribution in [3.8, 4) is 33.9 Å². The van der Waals surface area contributed by atoms with Crippen LogP contribution in [0.25, 0.3) is 33.9 Å². The highest BCUT2D eigenvalue weighted by atomic mass is 15.3. The summed E-state index contributed by atoms with van der Waals surface area (Å²) in [5.74, 6) is 0. The van der Waals surface area contributed by atoms with Crippen molar-refractivity contribution in [1.82, 2.24) is 19.6 Å². The Morgan fingerprint density at radius 1 is 0.457 bits per heavy atom. The van der Waals surface area contributed by atoms with E-state index in [0.29, 0.717) is 0 Å². The van der Waals surface area contributed by atoms with Crippen LogP contribution < -0.4 is 0 Å². The molecule has 0 aliphatic carbocycles. The first-order valence-electron chi connectivity index (χ1n) is 16.1. The Balaban J connectivity index is 0.927. The van der Waals surface area contributed by atoms with Gasteiger partial charge in [0.15, 0.2) is 0 Å². The predicted molar refractivity (Wildman–Crippen MR) is 189 cm³/mol. The molecule has 5 aromatic carbocycles. The zero-order valence-electron chi connectivity index (χ0n) is 26.5. The van der Waals surface area contributed by atoms with Gasteiger partial charge in [-0.3, -0.25) is 0 Å². The zero-order chi connectivity index (χ0) is 31.3. The molecule has 0 fully saturated rings. The van der Waals surface area contributed by atoms with Gasteiger partial charge >= 0.3 is 0 Å².